The van der Waals surface area contributed by atoms with E-state index in [1.807, 2.05) is 6.92 Å². The van der Waals surface area contributed by atoms with Gasteiger partial charge in [0.15, 0.2) is 0 Å². The monoisotopic (exact) mass is 354 g/mol. The second-order valence-corrected chi connectivity index (χ2v) is 7.23. The first-order valence-corrected chi connectivity index (χ1v) is 9.32. The van der Waals surface area contributed by atoms with Crippen LogP contribution in [-0.4, -0.2) is 68.2 Å². The summed E-state index contributed by atoms with van der Waals surface area (Å²) in [5.41, 5.74) is 3.63. The first-order valence-electron chi connectivity index (χ1n) is 9.32. The molecule has 1 N–H and O–H groups in total. The Morgan fingerprint density at radius 1 is 1.00 bits per heavy atom. The quantitative estimate of drug-likeness (QED) is 0.860. The van der Waals surface area contributed by atoms with E-state index in [2.05, 4.69) is 76.4 Å². The van der Waals surface area contributed by atoms with Crippen LogP contribution in [0.4, 0.5) is 17.5 Å². The van der Waals surface area contributed by atoms with E-state index in [-0.39, 0.29) is 0 Å². The number of nitrogens with one attached hydrogen (secondary N) is 1. The van der Waals surface area contributed by atoms with Gasteiger partial charge in [-0.15, -0.1) is 0 Å². The molecule has 1 aliphatic rings. The van der Waals surface area contributed by atoms with Crippen molar-refractivity contribution in [1.82, 2.24) is 14.9 Å². The molecule has 0 spiro atoms. The number of piperazine rings is 1. The Morgan fingerprint density at radius 2 is 1.73 bits per heavy atom. The Morgan fingerprint density at radius 3 is 2.42 bits per heavy atom. The van der Waals surface area contributed by atoms with Crippen molar-refractivity contribution < 1.29 is 0 Å². The van der Waals surface area contributed by atoms with Crippen LogP contribution in [0.15, 0.2) is 30.3 Å². The summed E-state index contributed by atoms with van der Waals surface area (Å²) in [7, 11) is 4.13. The maximum absolute atomic E-state index is 4.73. The molecule has 2 aromatic rings. The van der Waals surface area contributed by atoms with Gasteiger partial charge in [-0.2, -0.15) is 4.98 Å². The van der Waals surface area contributed by atoms with Crippen LogP contribution in [0.3, 0.4) is 0 Å². The molecular formula is C20H30N6. The van der Waals surface area contributed by atoms with Crippen molar-refractivity contribution in [1.29, 1.82) is 0 Å². The second kappa shape index (κ2) is 8.36. The van der Waals surface area contributed by atoms with E-state index in [1.165, 1.54) is 11.3 Å². The third-order valence-corrected chi connectivity index (χ3v) is 4.65. The van der Waals surface area contributed by atoms with Crippen LogP contribution in [0.1, 0.15) is 11.3 Å². The van der Waals surface area contributed by atoms with Gasteiger partial charge in [0, 0.05) is 56.7 Å². The van der Waals surface area contributed by atoms with Gasteiger partial charge in [-0.05, 0) is 45.6 Å². The van der Waals surface area contributed by atoms with E-state index in [0.29, 0.717) is 0 Å². The minimum absolute atomic E-state index is 0.725. The summed E-state index contributed by atoms with van der Waals surface area (Å²) in [4.78, 5) is 16.2. The molecule has 0 saturated carbocycles. The molecular weight excluding hydrogens is 324 g/mol. The molecule has 0 aliphatic carbocycles. The van der Waals surface area contributed by atoms with Crippen LogP contribution in [0, 0.1) is 13.8 Å². The normalized spacial score (nSPS) is 14.8. The Hall–Kier alpha value is -2.34. The number of aryl methyl sites for hydroxylation is 2. The van der Waals surface area contributed by atoms with Crippen molar-refractivity contribution in [2.75, 3.05) is 68.5 Å². The maximum Gasteiger partial charge on any atom is 0.224 e. The van der Waals surface area contributed by atoms with Crippen molar-refractivity contribution in [3.05, 3.63) is 41.6 Å². The number of aromatic nitrogens is 2. The van der Waals surface area contributed by atoms with Gasteiger partial charge >= 0.3 is 0 Å². The van der Waals surface area contributed by atoms with Crippen LogP contribution < -0.4 is 15.1 Å². The number of nitrogens with zero attached hydrogens (tertiary/aromatic N) is 5. The predicted octanol–water partition coefficient (Wildman–Crippen LogP) is 2.39. The summed E-state index contributed by atoms with van der Waals surface area (Å²) >= 11 is 0. The highest BCUT2D eigenvalue weighted by atomic mass is 15.3. The second-order valence-electron chi connectivity index (χ2n) is 7.23. The average molecular weight is 355 g/mol. The van der Waals surface area contributed by atoms with Gasteiger partial charge < -0.3 is 20.0 Å². The van der Waals surface area contributed by atoms with Gasteiger partial charge in [-0.25, -0.2) is 4.98 Å². The van der Waals surface area contributed by atoms with Crippen molar-refractivity contribution in [2.45, 2.75) is 13.8 Å². The van der Waals surface area contributed by atoms with Crippen molar-refractivity contribution in [3.63, 3.8) is 0 Å². The topological polar surface area (TPSA) is 47.5 Å². The van der Waals surface area contributed by atoms with E-state index >= 15 is 0 Å². The first kappa shape index (κ1) is 18.5. The molecule has 1 aromatic carbocycles. The third-order valence-electron chi connectivity index (χ3n) is 4.65. The fraction of sp³-hybridized carbons (Fsp3) is 0.500. The van der Waals surface area contributed by atoms with Crippen LogP contribution in [0.2, 0.25) is 0 Å². The molecule has 0 radical (unpaired) electrons. The standard InChI is InChI=1S/C20H30N6/c1-16-6-5-7-18(14-16)25-10-12-26(13-11-25)19-15-17(2)22-20(23-19)21-8-9-24(3)4/h5-7,14-15H,8-13H2,1-4H3,(H,21,22,23). The molecule has 0 unspecified atom stereocenters. The van der Waals surface area contributed by atoms with Gasteiger partial charge in [0.1, 0.15) is 5.82 Å². The Bertz CT molecular complexity index is 722. The fourth-order valence-electron chi connectivity index (χ4n) is 3.20. The minimum atomic E-state index is 0.725. The van der Waals surface area contributed by atoms with Crippen LogP contribution in [0.5, 0.6) is 0 Å². The highest BCUT2D eigenvalue weighted by molar-refractivity contribution is 5.52. The van der Waals surface area contributed by atoms with E-state index in [0.717, 1.165) is 56.7 Å². The summed E-state index contributed by atoms with van der Waals surface area (Å²) in [5, 5.41) is 3.34. The molecule has 26 heavy (non-hydrogen) atoms. The van der Waals surface area contributed by atoms with Gasteiger partial charge in [0.25, 0.3) is 0 Å². The maximum atomic E-state index is 4.73. The number of hydrogen-bond acceptors (Lipinski definition) is 6. The molecule has 0 atom stereocenters. The molecule has 140 valence electrons. The smallest absolute Gasteiger partial charge is 0.224 e. The molecule has 1 fully saturated rings. The third kappa shape index (κ3) is 4.85. The van der Waals surface area contributed by atoms with E-state index in [9.17, 15) is 0 Å². The van der Waals surface area contributed by atoms with E-state index < -0.39 is 0 Å². The summed E-state index contributed by atoms with van der Waals surface area (Å²) in [6.45, 7) is 9.95. The lowest BCUT2D eigenvalue weighted by Gasteiger charge is -2.37. The molecule has 1 aromatic heterocycles. The lowest BCUT2D eigenvalue weighted by Crippen LogP contribution is -2.47. The average Bonchev–Trinajstić information content (AvgIpc) is 2.61. The van der Waals surface area contributed by atoms with Crippen LogP contribution >= 0.6 is 0 Å². The summed E-state index contributed by atoms with van der Waals surface area (Å²) < 4.78 is 0. The molecule has 1 aliphatic heterocycles. The zero-order valence-electron chi connectivity index (χ0n) is 16.4. The zero-order chi connectivity index (χ0) is 18.5. The molecule has 0 amide bonds. The number of rotatable bonds is 6. The van der Waals surface area contributed by atoms with Crippen LogP contribution in [-0.2, 0) is 0 Å². The molecule has 2 heterocycles. The molecule has 3 rings (SSSR count). The lowest BCUT2D eigenvalue weighted by atomic mass is 10.2. The number of benzene rings is 1. The Labute approximate surface area is 156 Å². The van der Waals surface area contributed by atoms with E-state index in [4.69, 9.17) is 4.98 Å². The van der Waals surface area contributed by atoms with Crippen molar-refractivity contribution in [3.8, 4) is 0 Å². The van der Waals surface area contributed by atoms with Gasteiger partial charge in [0.2, 0.25) is 5.95 Å². The van der Waals surface area contributed by atoms with Crippen LogP contribution in [0.25, 0.3) is 0 Å². The summed E-state index contributed by atoms with van der Waals surface area (Å²) in [6, 6.07) is 10.8. The van der Waals surface area contributed by atoms with E-state index in [1.54, 1.807) is 0 Å². The molecule has 0 bridgehead atoms. The van der Waals surface area contributed by atoms with Gasteiger partial charge in [-0.1, -0.05) is 12.1 Å². The minimum Gasteiger partial charge on any atom is -0.368 e. The number of anilines is 3. The molecule has 6 nitrogen and oxygen atoms in total. The van der Waals surface area contributed by atoms with Gasteiger partial charge in [-0.3, -0.25) is 0 Å². The molecule has 6 heteroatoms. The number of likely N-dealkylation sites (N-methyl/N-ethyl adjacent to an activating group) is 1. The lowest BCUT2D eigenvalue weighted by molar-refractivity contribution is 0.425. The SMILES string of the molecule is Cc1cccc(N2CCN(c3cc(C)nc(NCCN(C)C)n3)CC2)c1. The zero-order valence-corrected chi connectivity index (χ0v) is 16.4. The van der Waals surface area contributed by atoms with Gasteiger partial charge in [0.05, 0.1) is 0 Å². The van der Waals surface area contributed by atoms with Crippen molar-refractivity contribution in [2.24, 2.45) is 0 Å². The summed E-state index contributed by atoms with van der Waals surface area (Å²) in [6.07, 6.45) is 0. The Balaban J connectivity index is 1.62. The first-order chi connectivity index (χ1) is 12.5. The largest absolute Gasteiger partial charge is 0.368 e. The highest BCUT2D eigenvalue weighted by Gasteiger charge is 2.19. The molecule has 1 saturated heterocycles. The summed E-state index contributed by atoms with van der Waals surface area (Å²) in [5.74, 6) is 1.75. The van der Waals surface area contributed by atoms with Crippen molar-refractivity contribution >= 4 is 17.5 Å². The highest BCUT2D eigenvalue weighted by Crippen LogP contribution is 2.21. The number of hydrogen-bond donors (Lipinski definition) is 1. The predicted molar refractivity (Wildman–Crippen MR) is 109 cm³/mol. The Kier molecular flexibility index (Phi) is 5.93. The fourth-order valence-corrected chi connectivity index (χ4v) is 3.20.